The van der Waals surface area contributed by atoms with Crippen LogP contribution in [-0.2, 0) is 10.0 Å². The van der Waals surface area contributed by atoms with Gasteiger partial charge in [0, 0.05) is 12.1 Å². The SMILES string of the molecule is COc1ccc(N(CC2CCNCC2)S(=O)(=O)c2ccccc2F)c(-c2ccccc2)c1. The highest BCUT2D eigenvalue weighted by molar-refractivity contribution is 7.92. The van der Waals surface area contributed by atoms with Gasteiger partial charge in [0.1, 0.15) is 16.5 Å². The number of ether oxygens (including phenoxy) is 1. The van der Waals surface area contributed by atoms with E-state index in [9.17, 15) is 12.8 Å². The minimum atomic E-state index is -4.14. The predicted molar refractivity (Wildman–Crippen MR) is 125 cm³/mol. The second-order valence-corrected chi connectivity index (χ2v) is 9.74. The first-order chi connectivity index (χ1) is 15.5. The molecule has 4 rings (SSSR count). The largest absolute Gasteiger partial charge is 0.497 e. The van der Waals surface area contributed by atoms with Crippen molar-refractivity contribution in [3.63, 3.8) is 0 Å². The molecule has 0 saturated carbocycles. The van der Waals surface area contributed by atoms with E-state index in [0.717, 1.165) is 37.1 Å². The number of piperidine rings is 1. The van der Waals surface area contributed by atoms with Gasteiger partial charge >= 0.3 is 0 Å². The van der Waals surface area contributed by atoms with Gasteiger partial charge in [0.2, 0.25) is 0 Å². The van der Waals surface area contributed by atoms with Crippen LogP contribution in [0.5, 0.6) is 5.75 Å². The fraction of sp³-hybridized carbons (Fsp3) is 0.280. The molecule has 0 bridgehead atoms. The summed E-state index contributed by atoms with van der Waals surface area (Å²) in [5.41, 5.74) is 2.10. The number of anilines is 1. The van der Waals surface area contributed by atoms with E-state index >= 15 is 0 Å². The molecule has 0 atom stereocenters. The van der Waals surface area contributed by atoms with Crippen LogP contribution in [0, 0.1) is 11.7 Å². The van der Waals surface area contributed by atoms with Crippen LogP contribution in [0.3, 0.4) is 0 Å². The molecule has 0 amide bonds. The van der Waals surface area contributed by atoms with Crippen LogP contribution < -0.4 is 14.4 Å². The van der Waals surface area contributed by atoms with E-state index in [1.54, 1.807) is 25.3 Å². The van der Waals surface area contributed by atoms with Crippen molar-refractivity contribution < 1.29 is 17.5 Å². The Morgan fingerprint density at radius 2 is 1.69 bits per heavy atom. The highest BCUT2D eigenvalue weighted by Crippen LogP contribution is 2.38. The van der Waals surface area contributed by atoms with Crippen molar-refractivity contribution in [1.29, 1.82) is 0 Å². The Morgan fingerprint density at radius 3 is 2.38 bits per heavy atom. The number of hydrogen-bond donors (Lipinski definition) is 1. The van der Waals surface area contributed by atoms with E-state index in [4.69, 9.17) is 4.74 Å². The zero-order valence-corrected chi connectivity index (χ0v) is 18.8. The van der Waals surface area contributed by atoms with Gasteiger partial charge in [0.25, 0.3) is 10.0 Å². The Bertz CT molecular complexity index is 1160. The summed E-state index contributed by atoms with van der Waals surface area (Å²) in [7, 11) is -2.56. The minimum absolute atomic E-state index is 0.170. The van der Waals surface area contributed by atoms with Gasteiger partial charge in [-0.1, -0.05) is 42.5 Å². The summed E-state index contributed by atoms with van der Waals surface area (Å²) < 4.78 is 49.0. The number of benzene rings is 3. The van der Waals surface area contributed by atoms with E-state index in [1.807, 2.05) is 36.4 Å². The van der Waals surface area contributed by atoms with Gasteiger partial charge in [-0.3, -0.25) is 4.31 Å². The van der Waals surface area contributed by atoms with Crippen molar-refractivity contribution in [2.45, 2.75) is 17.7 Å². The number of halogens is 1. The van der Waals surface area contributed by atoms with Gasteiger partial charge in [-0.25, -0.2) is 12.8 Å². The Balaban J connectivity index is 1.88. The monoisotopic (exact) mass is 454 g/mol. The van der Waals surface area contributed by atoms with Gasteiger partial charge in [-0.2, -0.15) is 0 Å². The standard InChI is InChI=1S/C25H27FN2O3S/c1-31-21-11-12-24(22(17-21)20-7-3-2-4-8-20)28(18-19-13-15-27-16-14-19)32(29,30)25-10-6-5-9-23(25)26/h2-12,17,19,27H,13-16,18H2,1H3. The quantitative estimate of drug-likeness (QED) is 0.562. The molecule has 3 aromatic rings. The second kappa shape index (κ2) is 9.71. The zero-order valence-electron chi connectivity index (χ0n) is 18.0. The Morgan fingerprint density at radius 1 is 1.00 bits per heavy atom. The molecule has 1 saturated heterocycles. The Kier molecular flexibility index (Phi) is 6.77. The van der Waals surface area contributed by atoms with Crippen molar-refractivity contribution in [1.82, 2.24) is 5.32 Å². The second-order valence-electron chi connectivity index (χ2n) is 7.91. The van der Waals surface area contributed by atoms with Gasteiger partial charge in [0.05, 0.1) is 12.8 Å². The fourth-order valence-corrected chi connectivity index (χ4v) is 5.73. The first kappa shape index (κ1) is 22.3. The molecule has 168 valence electrons. The maximum atomic E-state index is 14.6. The summed E-state index contributed by atoms with van der Waals surface area (Å²) in [5, 5.41) is 3.32. The van der Waals surface area contributed by atoms with Crippen molar-refractivity contribution in [3.05, 3.63) is 78.6 Å². The van der Waals surface area contributed by atoms with E-state index in [0.29, 0.717) is 11.4 Å². The molecule has 1 aliphatic rings. The van der Waals surface area contributed by atoms with E-state index in [1.165, 1.54) is 22.5 Å². The van der Waals surface area contributed by atoms with Crippen molar-refractivity contribution >= 4 is 15.7 Å². The zero-order chi connectivity index (χ0) is 22.6. The number of nitrogens with zero attached hydrogens (tertiary/aromatic N) is 1. The van der Waals surface area contributed by atoms with Crippen LogP contribution >= 0.6 is 0 Å². The van der Waals surface area contributed by atoms with Gasteiger partial charge in [0.15, 0.2) is 0 Å². The van der Waals surface area contributed by atoms with Crippen molar-refractivity contribution in [3.8, 4) is 16.9 Å². The summed E-state index contributed by atoms with van der Waals surface area (Å²) in [6.07, 6.45) is 1.72. The van der Waals surface area contributed by atoms with Gasteiger partial charge in [-0.15, -0.1) is 0 Å². The highest BCUT2D eigenvalue weighted by atomic mass is 32.2. The summed E-state index contributed by atoms with van der Waals surface area (Å²) >= 11 is 0. The molecule has 7 heteroatoms. The van der Waals surface area contributed by atoms with Crippen LogP contribution in [-0.4, -0.2) is 35.2 Å². The first-order valence-corrected chi connectivity index (χ1v) is 12.2. The van der Waals surface area contributed by atoms with Crippen LogP contribution in [0.2, 0.25) is 0 Å². The molecule has 1 fully saturated rings. The molecule has 0 radical (unpaired) electrons. The lowest BCUT2D eigenvalue weighted by molar-refractivity contribution is 0.382. The Hall–Kier alpha value is -2.90. The number of rotatable bonds is 7. The predicted octanol–water partition coefficient (Wildman–Crippen LogP) is 4.70. The molecule has 1 heterocycles. The first-order valence-electron chi connectivity index (χ1n) is 10.7. The third-order valence-corrected chi connectivity index (χ3v) is 7.66. The molecular formula is C25H27FN2O3S. The molecule has 1 N–H and O–H groups in total. The molecule has 1 aliphatic heterocycles. The summed E-state index contributed by atoms with van der Waals surface area (Å²) in [6, 6.07) is 20.4. The van der Waals surface area contributed by atoms with Crippen LogP contribution in [0.25, 0.3) is 11.1 Å². The lowest BCUT2D eigenvalue weighted by Crippen LogP contribution is -2.40. The van der Waals surface area contributed by atoms with E-state index in [-0.39, 0.29) is 17.4 Å². The lowest BCUT2D eigenvalue weighted by Gasteiger charge is -2.32. The summed E-state index contributed by atoms with van der Waals surface area (Å²) in [6.45, 7) is 1.96. The molecule has 0 unspecified atom stereocenters. The Labute approximate surface area is 188 Å². The van der Waals surface area contributed by atoms with Crippen LogP contribution in [0.15, 0.2) is 77.7 Å². The van der Waals surface area contributed by atoms with Crippen molar-refractivity contribution in [2.24, 2.45) is 5.92 Å². The number of nitrogens with one attached hydrogen (secondary N) is 1. The number of sulfonamides is 1. The molecule has 0 spiro atoms. The molecule has 0 aromatic heterocycles. The third kappa shape index (κ3) is 4.64. The number of hydrogen-bond acceptors (Lipinski definition) is 4. The highest BCUT2D eigenvalue weighted by Gasteiger charge is 2.32. The average molecular weight is 455 g/mol. The minimum Gasteiger partial charge on any atom is -0.497 e. The summed E-state index contributed by atoms with van der Waals surface area (Å²) in [5.74, 6) is 0.0406. The maximum Gasteiger partial charge on any atom is 0.267 e. The summed E-state index contributed by atoms with van der Waals surface area (Å²) in [4.78, 5) is -0.316. The van der Waals surface area contributed by atoms with Gasteiger partial charge in [-0.05, 0) is 67.7 Å². The van der Waals surface area contributed by atoms with E-state index < -0.39 is 15.8 Å². The topological polar surface area (TPSA) is 58.6 Å². The molecule has 5 nitrogen and oxygen atoms in total. The normalized spacial score (nSPS) is 14.8. The maximum absolute atomic E-state index is 14.6. The molecule has 32 heavy (non-hydrogen) atoms. The molecule has 3 aromatic carbocycles. The van der Waals surface area contributed by atoms with Crippen LogP contribution in [0.4, 0.5) is 10.1 Å². The average Bonchev–Trinajstić information content (AvgIpc) is 2.83. The molecular weight excluding hydrogens is 427 g/mol. The number of methoxy groups -OCH3 is 1. The van der Waals surface area contributed by atoms with E-state index in [2.05, 4.69) is 5.32 Å². The van der Waals surface area contributed by atoms with Gasteiger partial charge < -0.3 is 10.1 Å². The van der Waals surface area contributed by atoms with Crippen LogP contribution in [0.1, 0.15) is 12.8 Å². The fourth-order valence-electron chi connectivity index (χ4n) is 4.11. The molecule has 0 aliphatic carbocycles. The third-order valence-electron chi connectivity index (χ3n) is 5.84. The van der Waals surface area contributed by atoms with Crippen molar-refractivity contribution in [2.75, 3.05) is 31.0 Å². The smallest absolute Gasteiger partial charge is 0.267 e. The lowest BCUT2D eigenvalue weighted by atomic mass is 9.97.